The summed E-state index contributed by atoms with van der Waals surface area (Å²) in [7, 11) is 0. The molecular formula is C64H106O6. The highest BCUT2D eigenvalue weighted by molar-refractivity contribution is 5.71. The summed E-state index contributed by atoms with van der Waals surface area (Å²) in [5, 5.41) is 0. The summed E-state index contributed by atoms with van der Waals surface area (Å²) in [5.74, 6) is -1.01. The predicted octanol–water partition coefficient (Wildman–Crippen LogP) is 19.5. The number of ether oxygens (including phenoxy) is 3. The maximum atomic E-state index is 12.9. The van der Waals surface area contributed by atoms with Gasteiger partial charge < -0.3 is 14.2 Å². The van der Waals surface area contributed by atoms with Crippen LogP contribution in [0, 0.1) is 0 Å². The molecule has 0 radical (unpaired) electrons. The van der Waals surface area contributed by atoms with Crippen LogP contribution in [0.15, 0.2) is 109 Å². The van der Waals surface area contributed by atoms with Crippen LogP contribution in [-0.2, 0) is 28.6 Å². The molecule has 0 bridgehead atoms. The Balaban J connectivity index is 4.53. The number of rotatable bonds is 51. The highest BCUT2D eigenvalue weighted by atomic mass is 16.6. The first-order valence-corrected chi connectivity index (χ1v) is 28.9. The number of unbranched alkanes of at least 4 members (excludes halogenated alkanes) is 22. The smallest absolute Gasteiger partial charge is 0.306 e. The SMILES string of the molecule is CC/C=C\C/C=C\C/C=C\C/C=C\C/C=C\C/C=C\CCC(=O)OCC(COC(=O)CCCCCCC/C=C\CCCCCCCC)OC(=O)CCCCCCCCC/C=C\C/C=C\CCCCCC. The molecule has 0 fully saturated rings. The Morgan fingerprint density at radius 3 is 0.986 bits per heavy atom. The van der Waals surface area contributed by atoms with Crippen LogP contribution in [0.4, 0.5) is 0 Å². The van der Waals surface area contributed by atoms with E-state index in [9.17, 15) is 14.4 Å². The lowest BCUT2D eigenvalue weighted by atomic mass is 10.1. The average Bonchev–Trinajstić information content (AvgIpc) is 3.36. The fraction of sp³-hybridized carbons (Fsp3) is 0.672. The van der Waals surface area contributed by atoms with Crippen LogP contribution in [0.25, 0.3) is 0 Å². The zero-order valence-corrected chi connectivity index (χ0v) is 45.5. The molecule has 0 aromatic rings. The fourth-order valence-corrected chi connectivity index (χ4v) is 7.67. The van der Waals surface area contributed by atoms with Crippen LogP contribution >= 0.6 is 0 Å². The number of carbonyl (C=O) groups excluding carboxylic acids is 3. The van der Waals surface area contributed by atoms with Gasteiger partial charge in [0.2, 0.25) is 0 Å². The number of hydrogen-bond donors (Lipinski definition) is 0. The molecule has 0 amide bonds. The molecule has 6 heteroatoms. The van der Waals surface area contributed by atoms with Gasteiger partial charge in [-0.3, -0.25) is 14.4 Å². The van der Waals surface area contributed by atoms with Gasteiger partial charge in [0.25, 0.3) is 0 Å². The Bertz CT molecular complexity index is 1440. The topological polar surface area (TPSA) is 78.9 Å². The van der Waals surface area contributed by atoms with Gasteiger partial charge in [-0.15, -0.1) is 0 Å². The second-order valence-electron chi connectivity index (χ2n) is 18.8. The molecule has 0 aromatic carbocycles. The summed E-state index contributed by atoms with van der Waals surface area (Å²) in [6.07, 6.45) is 78.0. The molecule has 0 rings (SSSR count). The van der Waals surface area contributed by atoms with Crippen molar-refractivity contribution in [1.29, 1.82) is 0 Å². The predicted molar refractivity (Wildman–Crippen MR) is 302 cm³/mol. The molecule has 6 nitrogen and oxygen atoms in total. The summed E-state index contributed by atoms with van der Waals surface area (Å²) < 4.78 is 16.8. The number of esters is 3. The Kier molecular flexibility index (Phi) is 54.4. The van der Waals surface area contributed by atoms with Crippen molar-refractivity contribution in [2.24, 2.45) is 0 Å². The van der Waals surface area contributed by atoms with Gasteiger partial charge >= 0.3 is 17.9 Å². The molecule has 0 saturated heterocycles. The molecule has 0 aliphatic heterocycles. The Labute approximate surface area is 431 Å². The molecule has 0 saturated carbocycles. The monoisotopic (exact) mass is 971 g/mol. The zero-order chi connectivity index (χ0) is 50.7. The normalized spacial score (nSPS) is 12.9. The average molecular weight is 972 g/mol. The molecular weight excluding hydrogens is 865 g/mol. The van der Waals surface area contributed by atoms with E-state index in [2.05, 4.69) is 124 Å². The van der Waals surface area contributed by atoms with Crippen molar-refractivity contribution in [3.63, 3.8) is 0 Å². The van der Waals surface area contributed by atoms with Gasteiger partial charge in [-0.2, -0.15) is 0 Å². The highest BCUT2D eigenvalue weighted by Crippen LogP contribution is 2.14. The van der Waals surface area contributed by atoms with Crippen molar-refractivity contribution >= 4 is 17.9 Å². The van der Waals surface area contributed by atoms with E-state index >= 15 is 0 Å². The van der Waals surface area contributed by atoms with Gasteiger partial charge in [0.15, 0.2) is 6.10 Å². The summed E-state index contributed by atoms with van der Waals surface area (Å²) in [4.78, 5) is 38.1. The number of allylic oxidation sites excluding steroid dienone is 18. The van der Waals surface area contributed by atoms with Crippen molar-refractivity contribution in [3.8, 4) is 0 Å². The molecule has 70 heavy (non-hydrogen) atoms. The standard InChI is InChI=1S/C64H106O6/c1-4-7-10-13-16-19-22-25-28-30-32-34-36-39-42-45-48-51-54-57-63(66)69-60-61(59-68-62(65)56-53-50-47-44-41-38-35-27-24-21-18-15-12-9-6-3)70-64(67)58-55-52-49-46-43-40-37-33-31-29-26-23-20-17-14-11-8-5-2/h7,10,16,19-20,23,25,27-29,31-32,34-35,39,42,48,51,61H,4-6,8-9,11-15,17-18,21-22,24,26,30,33,36-38,40-41,43-47,49-50,52-60H2,1-3H3/b10-7-,19-16-,23-20-,28-25-,31-29-,34-32-,35-27-,42-39-,51-48-. The maximum Gasteiger partial charge on any atom is 0.306 e. The van der Waals surface area contributed by atoms with Crippen LogP contribution < -0.4 is 0 Å². The van der Waals surface area contributed by atoms with E-state index in [4.69, 9.17) is 14.2 Å². The minimum atomic E-state index is -0.819. The molecule has 1 atom stereocenters. The van der Waals surface area contributed by atoms with Crippen molar-refractivity contribution in [2.45, 2.75) is 264 Å². The van der Waals surface area contributed by atoms with E-state index in [1.807, 2.05) is 6.08 Å². The number of carbonyl (C=O) groups is 3. The van der Waals surface area contributed by atoms with Crippen molar-refractivity contribution in [3.05, 3.63) is 109 Å². The summed E-state index contributed by atoms with van der Waals surface area (Å²) in [6.45, 7) is 6.43. The molecule has 0 N–H and O–H groups in total. The lowest BCUT2D eigenvalue weighted by molar-refractivity contribution is -0.166. The lowest BCUT2D eigenvalue weighted by Crippen LogP contribution is -2.30. The minimum absolute atomic E-state index is 0.110. The van der Waals surface area contributed by atoms with E-state index in [-0.39, 0.29) is 37.5 Å². The third-order valence-electron chi connectivity index (χ3n) is 12.0. The van der Waals surface area contributed by atoms with Crippen LogP contribution in [-0.4, -0.2) is 37.2 Å². The van der Waals surface area contributed by atoms with E-state index in [1.165, 1.54) is 109 Å². The summed E-state index contributed by atoms with van der Waals surface area (Å²) >= 11 is 0. The summed E-state index contributed by atoms with van der Waals surface area (Å²) in [6, 6.07) is 0. The van der Waals surface area contributed by atoms with Crippen LogP contribution in [0.1, 0.15) is 258 Å². The summed E-state index contributed by atoms with van der Waals surface area (Å²) in [5.41, 5.74) is 0. The molecule has 0 spiro atoms. The first kappa shape index (κ1) is 66.1. The first-order chi connectivity index (χ1) is 34.5. The van der Waals surface area contributed by atoms with E-state index in [1.54, 1.807) is 0 Å². The number of hydrogen-bond acceptors (Lipinski definition) is 6. The van der Waals surface area contributed by atoms with Gasteiger partial charge in [0, 0.05) is 19.3 Å². The van der Waals surface area contributed by atoms with Crippen molar-refractivity contribution < 1.29 is 28.6 Å². The van der Waals surface area contributed by atoms with Crippen LogP contribution in [0.3, 0.4) is 0 Å². The van der Waals surface area contributed by atoms with Gasteiger partial charge in [-0.1, -0.05) is 233 Å². The van der Waals surface area contributed by atoms with Gasteiger partial charge in [0.1, 0.15) is 13.2 Å². The van der Waals surface area contributed by atoms with Gasteiger partial charge in [0.05, 0.1) is 0 Å². The Morgan fingerprint density at radius 1 is 0.300 bits per heavy atom. The molecule has 0 aromatic heterocycles. The quantitative estimate of drug-likeness (QED) is 0.0262. The second kappa shape index (κ2) is 57.6. The van der Waals surface area contributed by atoms with E-state index < -0.39 is 6.10 Å². The third-order valence-corrected chi connectivity index (χ3v) is 12.0. The van der Waals surface area contributed by atoms with Crippen molar-refractivity contribution in [2.75, 3.05) is 13.2 Å². The van der Waals surface area contributed by atoms with Crippen LogP contribution in [0.2, 0.25) is 0 Å². The Morgan fingerprint density at radius 2 is 0.586 bits per heavy atom. The van der Waals surface area contributed by atoms with E-state index in [0.29, 0.717) is 19.3 Å². The Hall–Kier alpha value is -3.93. The van der Waals surface area contributed by atoms with Gasteiger partial charge in [-0.25, -0.2) is 0 Å². The third kappa shape index (κ3) is 55.0. The highest BCUT2D eigenvalue weighted by Gasteiger charge is 2.19. The van der Waals surface area contributed by atoms with E-state index in [0.717, 1.165) is 103 Å². The largest absolute Gasteiger partial charge is 0.462 e. The first-order valence-electron chi connectivity index (χ1n) is 28.9. The second-order valence-corrected chi connectivity index (χ2v) is 18.8. The lowest BCUT2D eigenvalue weighted by Gasteiger charge is -2.18. The molecule has 0 heterocycles. The maximum absolute atomic E-state index is 12.9. The molecule has 398 valence electrons. The minimum Gasteiger partial charge on any atom is -0.462 e. The molecule has 1 unspecified atom stereocenters. The molecule has 0 aliphatic rings. The zero-order valence-electron chi connectivity index (χ0n) is 45.5. The van der Waals surface area contributed by atoms with Crippen molar-refractivity contribution in [1.82, 2.24) is 0 Å². The fourth-order valence-electron chi connectivity index (χ4n) is 7.67. The van der Waals surface area contributed by atoms with Gasteiger partial charge in [-0.05, 0) is 116 Å². The molecule has 0 aliphatic carbocycles. The van der Waals surface area contributed by atoms with Crippen LogP contribution in [0.5, 0.6) is 0 Å².